The predicted octanol–water partition coefficient (Wildman–Crippen LogP) is 2.64. The zero-order chi connectivity index (χ0) is 13.8. The van der Waals surface area contributed by atoms with E-state index >= 15 is 0 Å². The van der Waals surface area contributed by atoms with Crippen molar-refractivity contribution in [3.8, 4) is 0 Å². The van der Waals surface area contributed by atoms with Crippen molar-refractivity contribution in [1.29, 1.82) is 0 Å². The van der Waals surface area contributed by atoms with Gasteiger partial charge in [0.05, 0.1) is 6.04 Å². The highest BCUT2D eigenvalue weighted by Gasteiger charge is 2.27. The van der Waals surface area contributed by atoms with Gasteiger partial charge in [-0.2, -0.15) is 0 Å². The molecule has 0 saturated carbocycles. The average Bonchev–Trinajstić information content (AvgIpc) is 2.25. The predicted molar refractivity (Wildman–Crippen MR) is 83.9 cm³/mol. The van der Waals surface area contributed by atoms with Crippen LogP contribution in [0.4, 0.5) is 0 Å². The third-order valence-electron chi connectivity index (χ3n) is 3.11. The average molecular weight is 290 g/mol. The van der Waals surface area contributed by atoms with Crippen molar-refractivity contribution in [2.24, 2.45) is 10.4 Å². The largest absolute Gasteiger partial charge is 0.362 e. The second-order valence-corrected chi connectivity index (χ2v) is 8.70. The van der Waals surface area contributed by atoms with Crippen molar-refractivity contribution in [3.63, 3.8) is 0 Å². The number of aliphatic imine (C=N–C) groups is 1. The SMILES string of the molecule is CC(CCS(C)=O)NC1=NC(C(C)(C)C)CCS1. The fourth-order valence-electron chi connectivity index (χ4n) is 1.84. The smallest absolute Gasteiger partial charge is 0.157 e. The van der Waals surface area contributed by atoms with Gasteiger partial charge in [0.15, 0.2) is 5.17 Å². The highest BCUT2D eigenvalue weighted by Crippen LogP contribution is 2.30. The standard InChI is InChI=1S/C13H26N2OS2/c1-10(7-9-18(5)16)14-12-15-11(6-8-17-12)13(2,3)4/h10-11H,6-9H2,1-5H3,(H,14,15). The molecule has 1 rings (SSSR count). The Labute approximate surface area is 118 Å². The van der Waals surface area contributed by atoms with Crippen LogP contribution in [-0.4, -0.2) is 39.2 Å². The maximum Gasteiger partial charge on any atom is 0.157 e. The van der Waals surface area contributed by atoms with Gasteiger partial charge in [-0.3, -0.25) is 9.20 Å². The third kappa shape index (κ3) is 5.74. The van der Waals surface area contributed by atoms with Crippen molar-refractivity contribution in [1.82, 2.24) is 5.32 Å². The highest BCUT2D eigenvalue weighted by molar-refractivity contribution is 8.13. The lowest BCUT2D eigenvalue weighted by atomic mass is 9.85. The topological polar surface area (TPSA) is 41.5 Å². The van der Waals surface area contributed by atoms with Gasteiger partial charge in [-0.15, -0.1) is 0 Å². The number of rotatable bonds is 4. The number of hydrogen-bond donors (Lipinski definition) is 1. The summed E-state index contributed by atoms with van der Waals surface area (Å²) in [4.78, 5) is 4.81. The first-order chi connectivity index (χ1) is 8.29. The van der Waals surface area contributed by atoms with Crippen LogP contribution in [0, 0.1) is 5.41 Å². The van der Waals surface area contributed by atoms with Gasteiger partial charge in [0, 0.05) is 34.6 Å². The molecule has 0 aromatic rings. The summed E-state index contributed by atoms with van der Waals surface area (Å²) in [5.74, 6) is 1.90. The summed E-state index contributed by atoms with van der Waals surface area (Å²) in [5, 5.41) is 4.52. The molecular weight excluding hydrogens is 264 g/mol. The Bertz CT molecular complexity index is 323. The minimum absolute atomic E-state index is 0.238. The zero-order valence-corrected chi connectivity index (χ0v) is 13.8. The number of nitrogens with one attached hydrogen (secondary N) is 1. The molecule has 1 aliphatic heterocycles. The van der Waals surface area contributed by atoms with Crippen LogP contribution in [0.5, 0.6) is 0 Å². The molecule has 1 N–H and O–H groups in total. The van der Waals surface area contributed by atoms with Crippen molar-refractivity contribution >= 4 is 27.7 Å². The molecule has 0 spiro atoms. The summed E-state index contributed by atoms with van der Waals surface area (Å²) in [5.41, 5.74) is 0.238. The molecule has 0 aliphatic carbocycles. The molecule has 1 aliphatic rings. The Morgan fingerprint density at radius 3 is 2.78 bits per heavy atom. The maximum absolute atomic E-state index is 11.1. The molecule has 0 bridgehead atoms. The summed E-state index contributed by atoms with van der Waals surface area (Å²) >= 11 is 1.81. The molecule has 3 atom stereocenters. The molecule has 18 heavy (non-hydrogen) atoms. The molecule has 1 heterocycles. The van der Waals surface area contributed by atoms with Crippen LogP contribution >= 0.6 is 11.8 Å². The third-order valence-corrected chi connectivity index (χ3v) is 4.86. The Hall–Kier alpha value is -0.0300. The van der Waals surface area contributed by atoms with E-state index in [0.29, 0.717) is 12.1 Å². The van der Waals surface area contributed by atoms with Gasteiger partial charge in [0.1, 0.15) is 0 Å². The van der Waals surface area contributed by atoms with Crippen LogP contribution < -0.4 is 5.32 Å². The summed E-state index contributed by atoms with van der Waals surface area (Å²) in [7, 11) is -0.700. The van der Waals surface area contributed by atoms with Crippen molar-refractivity contribution < 1.29 is 4.21 Å². The highest BCUT2D eigenvalue weighted by atomic mass is 32.2. The molecule has 0 amide bonds. The molecule has 0 saturated heterocycles. The minimum Gasteiger partial charge on any atom is -0.362 e. The normalized spacial score (nSPS) is 24.3. The first-order valence-corrected chi connectivity index (χ1v) is 9.27. The quantitative estimate of drug-likeness (QED) is 0.865. The summed E-state index contributed by atoms with van der Waals surface area (Å²) in [6, 6.07) is 0.757. The fourth-order valence-corrected chi connectivity index (χ4v) is 3.55. The Kier molecular flexibility index (Phi) is 6.18. The Balaban J connectivity index is 2.50. The van der Waals surface area contributed by atoms with E-state index in [1.807, 2.05) is 11.8 Å². The summed E-state index contributed by atoms with van der Waals surface area (Å²) in [6.45, 7) is 8.88. The monoisotopic (exact) mass is 290 g/mol. The van der Waals surface area contributed by atoms with Gasteiger partial charge in [-0.05, 0) is 25.2 Å². The molecule has 106 valence electrons. The Morgan fingerprint density at radius 2 is 2.22 bits per heavy atom. The van der Waals surface area contributed by atoms with Gasteiger partial charge in [0.25, 0.3) is 0 Å². The van der Waals surface area contributed by atoms with Gasteiger partial charge < -0.3 is 5.32 Å². The second-order valence-electron chi connectivity index (χ2n) is 6.06. The lowest BCUT2D eigenvalue weighted by Gasteiger charge is -2.31. The first kappa shape index (κ1) is 16.0. The van der Waals surface area contributed by atoms with Gasteiger partial charge in [-0.1, -0.05) is 32.5 Å². The molecular formula is C13H26N2OS2. The van der Waals surface area contributed by atoms with E-state index < -0.39 is 10.8 Å². The summed E-state index contributed by atoms with van der Waals surface area (Å²) < 4.78 is 11.1. The van der Waals surface area contributed by atoms with Crippen molar-refractivity contribution in [3.05, 3.63) is 0 Å². The van der Waals surface area contributed by atoms with E-state index in [-0.39, 0.29) is 5.41 Å². The zero-order valence-electron chi connectivity index (χ0n) is 12.2. The number of amidine groups is 1. The van der Waals surface area contributed by atoms with E-state index in [9.17, 15) is 4.21 Å². The minimum atomic E-state index is -0.700. The van der Waals surface area contributed by atoms with Crippen molar-refractivity contribution in [2.45, 2.75) is 52.6 Å². The lowest BCUT2D eigenvalue weighted by Crippen LogP contribution is -2.37. The molecule has 3 unspecified atom stereocenters. The van der Waals surface area contributed by atoms with Crippen LogP contribution in [0.2, 0.25) is 0 Å². The van der Waals surface area contributed by atoms with E-state index in [1.165, 1.54) is 0 Å². The van der Waals surface area contributed by atoms with Crippen LogP contribution in [0.15, 0.2) is 4.99 Å². The molecule has 0 aromatic heterocycles. The van der Waals surface area contributed by atoms with Gasteiger partial charge in [-0.25, -0.2) is 0 Å². The van der Waals surface area contributed by atoms with Crippen LogP contribution in [0.1, 0.15) is 40.5 Å². The molecule has 0 radical (unpaired) electrons. The van der Waals surface area contributed by atoms with E-state index in [0.717, 1.165) is 29.5 Å². The van der Waals surface area contributed by atoms with E-state index in [4.69, 9.17) is 4.99 Å². The molecule has 0 fully saturated rings. The lowest BCUT2D eigenvalue weighted by molar-refractivity contribution is 0.315. The molecule has 3 nitrogen and oxygen atoms in total. The second kappa shape index (κ2) is 6.94. The van der Waals surface area contributed by atoms with E-state index in [2.05, 4.69) is 33.0 Å². The van der Waals surface area contributed by atoms with E-state index in [1.54, 1.807) is 6.26 Å². The molecule has 0 aromatic carbocycles. The number of thioether (sulfide) groups is 1. The maximum atomic E-state index is 11.1. The van der Waals surface area contributed by atoms with Crippen LogP contribution in [0.25, 0.3) is 0 Å². The van der Waals surface area contributed by atoms with Gasteiger partial charge in [0.2, 0.25) is 0 Å². The van der Waals surface area contributed by atoms with Crippen LogP contribution in [-0.2, 0) is 10.8 Å². The number of nitrogens with zero attached hydrogens (tertiary/aromatic N) is 1. The van der Waals surface area contributed by atoms with Crippen molar-refractivity contribution in [2.75, 3.05) is 17.8 Å². The summed E-state index contributed by atoms with van der Waals surface area (Å²) in [6.07, 6.45) is 3.85. The van der Waals surface area contributed by atoms with Crippen LogP contribution in [0.3, 0.4) is 0 Å². The molecule has 5 heteroatoms. The Morgan fingerprint density at radius 1 is 1.56 bits per heavy atom. The first-order valence-electron chi connectivity index (χ1n) is 6.56. The van der Waals surface area contributed by atoms with Gasteiger partial charge >= 0.3 is 0 Å². The number of hydrogen-bond acceptors (Lipinski definition) is 4. The fraction of sp³-hybridized carbons (Fsp3) is 0.923.